The van der Waals surface area contributed by atoms with E-state index >= 15 is 0 Å². The Hall–Kier alpha value is -1.14. The van der Waals surface area contributed by atoms with E-state index in [1.807, 2.05) is 0 Å². The maximum absolute atomic E-state index is 5.73. The van der Waals surface area contributed by atoms with Crippen molar-refractivity contribution in [2.75, 3.05) is 27.3 Å². The molecule has 0 aromatic carbocycles. The zero-order valence-electron chi connectivity index (χ0n) is 10.6. The lowest BCUT2D eigenvalue weighted by Gasteiger charge is -2.18. The van der Waals surface area contributed by atoms with Gasteiger partial charge in [0.05, 0.1) is 13.7 Å². The van der Waals surface area contributed by atoms with E-state index in [2.05, 4.69) is 26.9 Å². The van der Waals surface area contributed by atoms with Crippen LogP contribution in [0.5, 0.6) is 12.0 Å². The summed E-state index contributed by atoms with van der Waals surface area (Å²) >= 11 is 5.73. The zero-order chi connectivity index (χ0) is 13.0. The predicted molar refractivity (Wildman–Crippen MR) is 67.2 cm³/mol. The standard InChI is InChI=1S/C11H17ClN4O2/c1-16-6-3-4-8(16)5-7-18-11-14-9(12)13-10(15-11)17-2/h8H,3-7H2,1-2H3. The first-order valence-corrected chi connectivity index (χ1v) is 6.35. The third-order valence-corrected chi connectivity index (χ3v) is 3.27. The molecule has 0 aliphatic carbocycles. The maximum Gasteiger partial charge on any atom is 0.323 e. The number of hydrogen-bond donors (Lipinski definition) is 0. The van der Waals surface area contributed by atoms with Crippen molar-refractivity contribution in [1.29, 1.82) is 0 Å². The van der Waals surface area contributed by atoms with Crippen LogP contribution in [0.15, 0.2) is 0 Å². The van der Waals surface area contributed by atoms with Crippen LogP contribution in [0.1, 0.15) is 19.3 Å². The van der Waals surface area contributed by atoms with E-state index in [0.717, 1.165) is 13.0 Å². The smallest absolute Gasteiger partial charge is 0.323 e. The normalized spacial score (nSPS) is 20.1. The highest BCUT2D eigenvalue weighted by molar-refractivity contribution is 6.28. The lowest BCUT2D eigenvalue weighted by atomic mass is 10.2. The van der Waals surface area contributed by atoms with Gasteiger partial charge in [-0.1, -0.05) is 0 Å². The van der Waals surface area contributed by atoms with Gasteiger partial charge in [-0.05, 0) is 44.5 Å². The van der Waals surface area contributed by atoms with Gasteiger partial charge in [0.2, 0.25) is 5.28 Å². The molecule has 2 heterocycles. The molecule has 1 aromatic heterocycles. The molecular weight excluding hydrogens is 256 g/mol. The number of halogens is 1. The minimum atomic E-state index is 0.0786. The molecule has 1 aromatic rings. The molecule has 0 bridgehead atoms. The van der Waals surface area contributed by atoms with E-state index in [1.54, 1.807) is 0 Å². The van der Waals surface area contributed by atoms with Gasteiger partial charge >= 0.3 is 12.0 Å². The van der Waals surface area contributed by atoms with E-state index < -0.39 is 0 Å². The first-order chi connectivity index (χ1) is 8.69. The molecule has 0 radical (unpaired) electrons. The van der Waals surface area contributed by atoms with Gasteiger partial charge in [0, 0.05) is 6.04 Å². The van der Waals surface area contributed by atoms with E-state index in [4.69, 9.17) is 21.1 Å². The van der Waals surface area contributed by atoms with Gasteiger partial charge < -0.3 is 14.4 Å². The lowest BCUT2D eigenvalue weighted by molar-refractivity contribution is 0.220. The highest BCUT2D eigenvalue weighted by Gasteiger charge is 2.20. The predicted octanol–water partition coefficient (Wildman–Crippen LogP) is 1.40. The Morgan fingerprint density at radius 1 is 1.33 bits per heavy atom. The molecule has 1 aliphatic heterocycles. The van der Waals surface area contributed by atoms with E-state index in [1.165, 1.54) is 20.0 Å². The molecule has 1 unspecified atom stereocenters. The third kappa shape index (κ3) is 3.43. The summed E-state index contributed by atoms with van der Waals surface area (Å²) in [5.74, 6) is 0. The number of likely N-dealkylation sites (tertiary alicyclic amines) is 1. The number of hydrogen-bond acceptors (Lipinski definition) is 6. The minimum absolute atomic E-state index is 0.0786. The van der Waals surface area contributed by atoms with Crippen LogP contribution in [0, 0.1) is 0 Å². The summed E-state index contributed by atoms with van der Waals surface area (Å²) in [5.41, 5.74) is 0. The number of rotatable bonds is 5. The van der Waals surface area contributed by atoms with Gasteiger partial charge in [0.1, 0.15) is 0 Å². The highest BCUT2D eigenvalue weighted by Crippen LogP contribution is 2.18. The summed E-state index contributed by atoms with van der Waals surface area (Å²) in [6.07, 6.45) is 3.44. The molecule has 1 saturated heterocycles. The number of nitrogens with zero attached hydrogens (tertiary/aromatic N) is 4. The van der Waals surface area contributed by atoms with Gasteiger partial charge in [0.15, 0.2) is 0 Å². The second-order valence-electron chi connectivity index (χ2n) is 4.29. The van der Waals surface area contributed by atoms with Gasteiger partial charge in [-0.3, -0.25) is 0 Å². The van der Waals surface area contributed by atoms with Crippen LogP contribution in [0.4, 0.5) is 0 Å². The second kappa shape index (κ2) is 6.15. The molecule has 0 saturated carbocycles. The van der Waals surface area contributed by atoms with Crippen molar-refractivity contribution in [3.05, 3.63) is 5.28 Å². The van der Waals surface area contributed by atoms with E-state index in [-0.39, 0.29) is 17.3 Å². The fourth-order valence-electron chi connectivity index (χ4n) is 2.10. The summed E-state index contributed by atoms with van der Waals surface area (Å²) in [4.78, 5) is 14.0. The van der Waals surface area contributed by atoms with E-state index in [9.17, 15) is 0 Å². The third-order valence-electron chi connectivity index (χ3n) is 3.10. The summed E-state index contributed by atoms with van der Waals surface area (Å²) in [5, 5.41) is 0.0786. The van der Waals surface area contributed by atoms with Gasteiger partial charge in [-0.25, -0.2) is 0 Å². The minimum Gasteiger partial charge on any atom is -0.467 e. The fourth-order valence-corrected chi connectivity index (χ4v) is 2.25. The maximum atomic E-state index is 5.73. The first-order valence-electron chi connectivity index (χ1n) is 5.97. The Morgan fingerprint density at radius 2 is 2.11 bits per heavy atom. The SMILES string of the molecule is COc1nc(Cl)nc(OCCC2CCCN2C)n1. The van der Waals surface area contributed by atoms with Crippen LogP contribution in [0.2, 0.25) is 5.28 Å². The Labute approximate surface area is 111 Å². The number of aromatic nitrogens is 3. The average molecular weight is 273 g/mol. The monoisotopic (exact) mass is 272 g/mol. The molecule has 1 atom stereocenters. The quantitative estimate of drug-likeness (QED) is 0.807. The second-order valence-corrected chi connectivity index (χ2v) is 4.63. The topological polar surface area (TPSA) is 60.4 Å². The molecule has 0 spiro atoms. The highest BCUT2D eigenvalue weighted by atomic mass is 35.5. The van der Waals surface area contributed by atoms with Crippen molar-refractivity contribution in [2.45, 2.75) is 25.3 Å². The first kappa shape index (κ1) is 13.3. The van der Waals surface area contributed by atoms with E-state index in [0.29, 0.717) is 12.6 Å². The molecule has 6 nitrogen and oxygen atoms in total. The average Bonchev–Trinajstić information content (AvgIpc) is 2.74. The molecule has 18 heavy (non-hydrogen) atoms. The fraction of sp³-hybridized carbons (Fsp3) is 0.727. The van der Waals surface area contributed by atoms with Crippen molar-refractivity contribution >= 4 is 11.6 Å². The number of methoxy groups -OCH3 is 1. The van der Waals surface area contributed by atoms with Crippen LogP contribution in [-0.4, -0.2) is 53.2 Å². The molecule has 0 N–H and O–H groups in total. The lowest BCUT2D eigenvalue weighted by Crippen LogP contribution is -2.26. The van der Waals surface area contributed by atoms with Crippen LogP contribution in [0.3, 0.4) is 0 Å². The van der Waals surface area contributed by atoms with Crippen LogP contribution >= 0.6 is 11.6 Å². The van der Waals surface area contributed by atoms with Crippen molar-refractivity contribution < 1.29 is 9.47 Å². The molecule has 0 amide bonds. The molecular formula is C11H17ClN4O2. The molecule has 7 heteroatoms. The molecule has 1 fully saturated rings. The summed E-state index contributed by atoms with van der Waals surface area (Å²) < 4.78 is 10.4. The van der Waals surface area contributed by atoms with Crippen LogP contribution in [0.25, 0.3) is 0 Å². The molecule has 2 rings (SSSR count). The van der Waals surface area contributed by atoms with Crippen molar-refractivity contribution in [2.24, 2.45) is 0 Å². The van der Waals surface area contributed by atoms with Gasteiger partial charge in [-0.15, -0.1) is 4.98 Å². The van der Waals surface area contributed by atoms with Crippen molar-refractivity contribution in [3.63, 3.8) is 0 Å². The van der Waals surface area contributed by atoms with Crippen LogP contribution in [-0.2, 0) is 0 Å². The Kier molecular flexibility index (Phi) is 4.54. The van der Waals surface area contributed by atoms with Crippen LogP contribution < -0.4 is 9.47 Å². The summed E-state index contributed by atoms with van der Waals surface area (Å²) in [6.45, 7) is 1.73. The van der Waals surface area contributed by atoms with Gasteiger partial charge in [0.25, 0.3) is 0 Å². The van der Waals surface area contributed by atoms with Crippen molar-refractivity contribution in [3.8, 4) is 12.0 Å². The van der Waals surface area contributed by atoms with Gasteiger partial charge in [-0.2, -0.15) is 9.97 Å². The summed E-state index contributed by atoms with van der Waals surface area (Å²) in [6, 6.07) is 0.972. The molecule has 1 aliphatic rings. The number of ether oxygens (including phenoxy) is 2. The summed E-state index contributed by atoms with van der Waals surface area (Å²) in [7, 11) is 3.61. The Balaban J connectivity index is 1.84. The largest absolute Gasteiger partial charge is 0.467 e. The zero-order valence-corrected chi connectivity index (χ0v) is 11.4. The Bertz CT molecular complexity index is 405. The van der Waals surface area contributed by atoms with Crippen molar-refractivity contribution in [1.82, 2.24) is 19.9 Å². The Morgan fingerprint density at radius 3 is 2.78 bits per heavy atom. The molecule has 100 valence electrons.